The highest BCUT2D eigenvalue weighted by molar-refractivity contribution is 5.97. The maximum absolute atomic E-state index is 14.0. The number of carbonyl (C=O) groups is 1. The number of halogens is 1. The molecule has 0 atom stereocenters. The van der Waals surface area contributed by atoms with Gasteiger partial charge in [-0.05, 0) is 60.0 Å². The van der Waals surface area contributed by atoms with Crippen molar-refractivity contribution in [2.45, 2.75) is 6.42 Å². The van der Waals surface area contributed by atoms with Crippen molar-refractivity contribution in [3.05, 3.63) is 84.2 Å². The summed E-state index contributed by atoms with van der Waals surface area (Å²) in [5.41, 5.74) is 4.96. The summed E-state index contributed by atoms with van der Waals surface area (Å²) in [7, 11) is 1.57. The fourth-order valence-corrected chi connectivity index (χ4v) is 4.10. The molecular formula is C25H21FN4O2. The molecule has 1 amide bonds. The van der Waals surface area contributed by atoms with E-state index in [9.17, 15) is 9.18 Å². The third kappa shape index (κ3) is 3.62. The van der Waals surface area contributed by atoms with E-state index in [1.54, 1.807) is 43.9 Å². The molecule has 5 rings (SSSR count). The molecule has 0 saturated heterocycles. The molecule has 7 heteroatoms. The molecule has 160 valence electrons. The quantitative estimate of drug-likeness (QED) is 0.511. The van der Waals surface area contributed by atoms with Crippen molar-refractivity contribution in [3.8, 4) is 16.9 Å². The molecule has 0 aliphatic carbocycles. The third-order valence-corrected chi connectivity index (χ3v) is 5.75. The normalized spacial score (nSPS) is 13.8. The Bertz CT molecular complexity index is 1330. The van der Waals surface area contributed by atoms with Crippen LogP contribution in [0.15, 0.2) is 67.1 Å². The van der Waals surface area contributed by atoms with Gasteiger partial charge in [-0.1, -0.05) is 6.08 Å². The molecule has 1 aromatic carbocycles. The van der Waals surface area contributed by atoms with E-state index in [2.05, 4.69) is 21.0 Å². The first-order chi connectivity index (χ1) is 15.6. The second kappa shape index (κ2) is 8.26. The van der Waals surface area contributed by atoms with E-state index >= 15 is 0 Å². The van der Waals surface area contributed by atoms with E-state index in [4.69, 9.17) is 4.74 Å². The Hall–Kier alpha value is -4.00. The van der Waals surface area contributed by atoms with Gasteiger partial charge in [0.15, 0.2) is 0 Å². The summed E-state index contributed by atoms with van der Waals surface area (Å²) in [4.78, 5) is 26.3. The lowest BCUT2D eigenvalue weighted by molar-refractivity contribution is 0.0772. The van der Waals surface area contributed by atoms with E-state index < -0.39 is 0 Å². The van der Waals surface area contributed by atoms with Gasteiger partial charge in [0, 0.05) is 53.9 Å². The standard InChI is InChI=1S/C25H21FN4O2/c1-32-23-3-2-18(26)14-20(23)19-6-11-28-24-21(19)15-22(29-24)16-7-12-30(13-8-16)25(31)17-4-9-27-10-5-17/h2-7,9-11,14-15H,8,12-13H2,1H3,(H,28,29). The van der Waals surface area contributed by atoms with Crippen LogP contribution in [-0.2, 0) is 0 Å². The van der Waals surface area contributed by atoms with Gasteiger partial charge in [-0.2, -0.15) is 0 Å². The lowest BCUT2D eigenvalue weighted by atomic mass is 10.0. The van der Waals surface area contributed by atoms with Crippen molar-refractivity contribution in [1.29, 1.82) is 0 Å². The number of hydrogen-bond donors (Lipinski definition) is 1. The van der Waals surface area contributed by atoms with Gasteiger partial charge in [-0.25, -0.2) is 9.37 Å². The highest BCUT2D eigenvalue weighted by atomic mass is 19.1. The molecule has 1 aliphatic rings. The SMILES string of the molecule is COc1ccc(F)cc1-c1ccnc2[nH]c(C3=CCN(C(=O)c4ccncc4)CC3)cc12. The minimum atomic E-state index is -0.324. The number of methoxy groups -OCH3 is 1. The summed E-state index contributed by atoms with van der Waals surface area (Å²) in [6, 6.07) is 11.8. The number of aromatic nitrogens is 3. The number of amides is 1. The summed E-state index contributed by atoms with van der Waals surface area (Å²) in [6.45, 7) is 1.16. The van der Waals surface area contributed by atoms with Crippen LogP contribution < -0.4 is 4.74 Å². The van der Waals surface area contributed by atoms with Crippen LogP contribution in [0.4, 0.5) is 4.39 Å². The number of carbonyl (C=O) groups excluding carboxylic acids is 1. The Morgan fingerprint density at radius 3 is 2.69 bits per heavy atom. The Morgan fingerprint density at radius 1 is 1.09 bits per heavy atom. The molecule has 0 radical (unpaired) electrons. The number of ether oxygens (including phenoxy) is 1. The van der Waals surface area contributed by atoms with Gasteiger partial charge < -0.3 is 14.6 Å². The van der Waals surface area contributed by atoms with Crippen LogP contribution in [0.2, 0.25) is 0 Å². The zero-order valence-electron chi connectivity index (χ0n) is 17.5. The van der Waals surface area contributed by atoms with Gasteiger partial charge in [0.25, 0.3) is 5.91 Å². The summed E-state index contributed by atoms with van der Waals surface area (Å²) in [5.74, 6) is 0.278. The molecule has 0 bridgehead atoms. The van der Waals surface area contributed by atoms with Crippen molar-refractivity contribution in [1.82, 2.24) is 19.9 Å². The van der Waals surface area contributed by atoms with Crippen molar-refractivity contribution < 1.29 is 13.9 Å². The van der Waals surface area contributed by atoms with Crippen LogP contribution in [0.5, 0.6) is 5.75 Å². The zero-order valence-corrected chi connectivity index (χ0v) is 17.5. The predicted molar refractivity (Wildman–Crippen MR) is 121 cm³/mol. The van der Waals surface area contributed by atoms with E-state index in [0.29, 0.717) is 30.0 Å². The third-order valence-electron chi connectivity index (χ3n) is 5.75. The number of benzene rings is 1. The van der Waals surface area contributed by atoms with Gasteiger partial charge in [0.2, 0.25) is 0 Å². The number of fused-ring (bicyclic) bond motifs is 1. The topological polar surface area (TPSA) is 71.1 Å². The van der Waals surface area contributed by atoms with Crippen LogP contribution in [0.3, 0.4) is 0 Å². The predicted octanol–water partition coefficient (Wildman–Crippen LogP) is 4.70. The van der Waals surface area contributed by atoms with Gasteiger partial charge in [0.1, 0.15) is 17.2 Å². The van der Waals surface area contributed by atoms with Crippen LogP contribution >= 0.6 is 0 Å². The highest BCUT2D eigenvalue weighted by Gasteiger charge is 2.21. The van der Waals surface area contributed by atoms with Crippen molar-refractivity contribution >= 4 is 22.5 Å². The monoisotopic (exact) mass is 428 g/mol. The first-order valence-electron chi connectivity index (χ1n) is 10.3. The molecule has 0 saturated carbocycles. The van der Waals surface area contributed by atoms with Crippen LogP contribution in [0.25, 0.3) is 27.7 Å². The maximum atomic E-state index is 14.0. The zero-order chi connectivity index (χ0) is 22.1. The number of aromatic amines is 1. The maximum Gasteiger partial charge on any atom is 0.254 e. The molecule has 1 N–H and O–H groups in total. The number of pyridine rings is 2. The van der Waals surface area contributed by atoms with Crippen molar-refractivity contribution in [2.75, 3.05) is 20.2 Å². The fourth-order valence-electron chi connectivity index (χ4n) is 4.10. The molecule has 1 aliphatic heterocycles. The first-order valence-corrected chi connectivity index (χ1v) is 10.3. The van der Waals surface area contributed by atoms with Crippen molar-refractivity contribution in [2.24, 2.45) is 0 Å². The molecule has 3 aromatic heterocycles. The molecule has 4 heterocycles. The largest absolute Gasteiger partial charge is 0.496 e. The fraction of sp³-hybridized carbons (Fsp3) is 0.160. The van der Waals surface area contributed by atoms with E-state index in [1.165, 1.54) is 12.1 Å². The Kier molecular flexibility index (Phi) is 5.15. The lowest BCUT2D eigenvalue weighted by Crippen LogP contribution is -2.34. The number of rotatable bonds is 4. The summed E-state index contributed by atoms with van der Waals surface area (Å²) >= 11 is 0. The number of nitrogens with zero attached hydrogens (tertiary/aromatic N) is 3. The van der Waals surface area contributed by atoms with Gasteiger partial charge in [0.05, 0.1) is 7.11 Å². The molecule has 32 heavy (non-hydrogen) atoms. The first kappa shape index (κ1) is 19.9. The van der Waals surface area contributed by atoms with Gasteiger partial charge >= 0.3 is 0 Å². The minimum absolute atomic E-state index is 0.00139. The number of hydrogen-bond acceptors (Lipinski definition) is 4. The molecular weight excluding hydrogens is 407 g/mol. The van der Waals surface area contributed by atoms with E-state index in [1.807, 2.05) is 17.0 Å². The average molecular weight is 428 g/mol. The van der Waals surface area contributed by atoms with Crippen LogP contribution in [-0.4, -0.2) is 46.0 Å². The van der Waals surface area contributed by atoms with Crippen molar-refractivity contribution in [3.63, 3.8) is 0 Å². The average Bonchev–Trinajstić information content (AvgIpc) is 3.29. The van der Waals surface area contributed by atoms with Crippen LogP contribution in [0, 0.1) is 5.82 Å². The van der Waals surface area contributed by atoms with Gasteiger partial charge in [-0.15, -0.1) is 0 Å². The Balaban J connectivity index is 1.46. The Morgan fingerprint density at radius 2 is 1.94 bits per heavy atom. The summed E-state index contributed by atoms with van der Waals surface area (Å²) in [5, 5.41) is 0.891. The van der Waals surface area contributed by atoms with E-state index in [0.717, 1.165) is 34.3 Å². The number of H-pyrrole nitrogens is 1. The highest BCUT2D eigenvalue weighted by Crippen LogP contribution is 2.36. The second-order valence-electron chi connectivity index (χ2n) is 7.61. The summed E-state index contributed by atoms with van der Waals surface area (Å²) < 4.78 is 19.4. The second-order valence-corrected chi connectivity index (χ2v) is 7.61. The van der Waals surface area contributed by atoms with Crippen LogP contribution in [0.1, 0.15) is 22.5 Å². The minimum Gasteiger partial charge on any atom is -0.496 e. The smallest absolute Gasteiger partial charge is 0.254 e. The molecule has 4 aromatic rings. The number of nitrogens with one attached hydrogen (secondary N) is 1. The molecule has 6 nitrogen and oxygen atoms in total. The molecule has 0 fully saturated rings. The van der Waals surface area contributed by atoms with E-state index in [-0.39, 0.29) is 11.7 Å². The lowest BCUT2D eigenvalue weighted by Gasteiger charge is -2.26. The molecule has 0 spiro atoms. The summed E-state index contributed by atoms with van der Waals surface area (Å²) in [6.07, 6.45) is 7.74. The molecule has 0 unspecified atom stereocenters. The van der Waals surface area contributed by atoms with Gasteiger partial charge in [-0.3, -0.25) is 9.78 Å². The Labute approximate surface area is 184 Å².